The lowest BCUT2D eigenvalue weighted by Gasteiger charge is -2.04. The summed E-state index contributed by atoms with van der Waals surface area (Å²) in [5.41, 5.74) is 1.59. The third-order valence-corrected chi connectivity index (χ3v) is 4.71. The SMILES string of the molecule is N#Cc1c[nH]c2cc(-c3nc4ccccc4s3)c(O)cc2c1=O. The van der Waals surface area contributed by atoms with Crippen molar-refractivity contribution in [1.29, 1.82) is 5.26 Å². The van der Waals surface area contributed by atoms with Gasteiger partial charge in [-0.05, 0) is 24.3 Å². The van der Waals surface area contributed by atoms with Gasteiger partial charge >= 0.3 is 0 Å². The molecule has 6 heteroatoms. The molecular weight excluding hydrogens is 310 g/mol. The number of phenolic OH excluding ortho intramolecular Hbond substituents is 1. The van der Waals surface area contributed by atoms with Crippen LogP contribution in [-0.2, 0) is 0 Å². The molecule has 0 aliphatic heterocycles. The largest absolute Gasteiger partial charge is 0.507 e. The second kappa shape index (κ2) is 4.93. The monoisotopic (exact) mass is 319 g/mol. The first-order chi connectivity index (χ1) is 11.2. The Morgan fingerprint density at radius 2 is 2.09 bits per heavy atom. The van der Waals surface area contributed by atoms with E-state index in [1.54, 1.807) is 6.07 Å². The number of H-pyrrole nitrogens is 1. The minimum Gasteiger partial charge on any atom is -0.507 e. The van der Waals surface area contributed by atoms with E-state index in [9.17, 15) is 9.90 Å². The number of nitrogens with zero attached hydrogens (tertiary/aromatic N) is 2. The minimum atomic E-state index is -0.396. The van der Waals surface area contributed by atoms with Crippen molar-refractivity contribution in [1.82, 2.24) is 9.97 Å². The van der Waals surface area contributed by atoms with Gasteiger partial charge in [0.25, 0.3) is 0 Å². The molecule has 110 valence electrons. The highest BCUT2D eigenvalue weighted by Gasteiger charge is 2.14. The summed E-state index contributed by atoms with van der Waals surface area (Å²) in [5.74, 6) is -0.0304. The predicted molar refractivity (Wildman–Crippen MR) is 89.6 cm³/mol. The Morgan fingerprint density at radius 3 is 2.87 bits per heavy atom. The van der Waals surface area contributed by atoms with Crippen molar-refractivity contribution in [2.24, 2.45) is 0 Å². The summed E-state index contributed by atoms with van der Waals surface area (Å²) in [6, 6.07) is 12.6. The van der Waals surface area contributed by atoms with Crippen LogP contribution in [-0.4, -0.2) is 15.1 Å². The van der Waals surface area contributed by atoms with Crippen molar-refractivity contribution >= 4 is 32.5 Å². The summed E-state index contributed by atoms with van der Waals surface area (Å²) in [5, 5.41) is 20.2. The molecule has 0 atom stereocenters. The highest BCUT2D eigenvalue weighted by atomic mass is 32.1. The van der Waals surface area contributed by atoms with Crippen LogP contribution in [0.5, 0.6) is 5.75 Å². The Balaban J connectivity index is 1.99. The van der Waals surface area contributed by atoms with Crippen molar-refractivity contribution in [3.8, 4) is 22.4 Å². The third-order valence-electron chi connectivity index (χ3n) is 3.64. The fraction of sp³-hybridized carbons (Fsp3) is 0. The van der Waals surface area contributed by atoms with E-state index in [0.717, 1.165) is 10.2 Å². The molecule has 23 heavy (non-hydrogen) atoms. The van der Waals surface area contributed by atoms with Gasteiger partial charge in [-0.25, -0.2) is 4.98 Å². The summed E-state index contributed by atoms with van der Waals surface area (Å²) in [6.45, 7) is 0. The van der Waals surface area contributed by atoms with E-state index >= 15 is 0 Å². The number of aromatic nitrogens is 2. The quantitative estimate of drug-likeness (QED) is 0.563. The second-order valence-electron chi connectivity index (χ2n) is 5.04. The van der Waals surface area contributed by atoms with Crippen molar-refractivity contribution < 1.29 is 5.11 Å². The number of para-hydroxylation sites is 1. The summed E-state index contributed by atoms with van der Waals surface area (Å²) >= 11 is 1.47. The van der Waals surface area contributed by atoms with E-state index in [0.29, 0.717) is 16.1 Å². The number of nitriles is 1. The van der Waals surface area contributed by atoms with Crippen LogP contribution < -0.4 is 5.43 Å². The molecule has 2 heterocycles. The van der Waals surface area contributed by atoms with E-state index < -0.39 is 5.43 Å². The van der Waals surface area contributed by atoms with Gasteiger partial charge in [0.15, 0.2) is 0 Å². The zero-order valence-electron chi connectivity index (χ0n) is 11.7. The van der Waals surface area contributed by atoms with E-state index in [1.165, 1.54) is 23.6 Å². The number of aromatic amines is 1. The van der Waals surface area contributed by atoms with E-state index in [1.807, 2.05) is 30.3 Å². The molecule has 2 aromatic heterocycles. The average molecular weight is 319 g/mol. The number of benzene rings is 2. The standard InChI is InChI=1S/C17H9N3O2S/c18-7-9-8-19-13-5-11(14(21)6-10(13)16(9)22)17-20-12-3-1-2-4-15(12)23-17/h1-6,8,21H,(H,19,22). The van der Waals surface area contributed by atoms with Gasteiger partial charge in [-0.1, -0.05) is 12.1 Å². The van der Waals surface area contributed by atoms with E-state index in [4.69, 9.17) is 5.26 Å². The number of nitrogens with one attached hydrogen (secondary N) is 1. The van der Waals surface area contributed by atoms with Crippen LogP contribution in [0, 0.1) is 11.3 Å². The predicted octanol–water partition coefficient (Wildman–Crippen LogP) is 3.38. The molecule has 4 rings (SSSR count). The Kier molecular flexibility index (Phi) is 2.89. The molecule has 0 unspecified atom stereocenters. The van der Waals surface area contributed by atoms with Gasteiger partial charge in [0.1, 0.15) is 22.4 Å². The third kappa shape index (κ3) is 2.06. The van der Waals surface area contributed by atoms with Gasteiger partial charge in [-0.3, -0.25) is 4.79 Å². The Labute approximate surface area is 134 Å². The first-order valence-electron chi connectivity index (χ1n) is 6.82. The number of hydrogen-bond acceptors (Lipinski definition) is 5. The van der Waals surface area contributed by atoms with Crippen LogP contribution in [0.2, 0.25) is 0 Å². The topological polar surface area (TPSA) is 89.8 Å². The molecule has 2 N–H and O–H groups in total. The van der Waals surface area contributed by atoms with Gasteiger partial charge in [0.2, 0.25) is 5.43 Å². The summed E-state index contributed by atoms with van der Waals surface area (Å²) < 4.78 is 1.02. The van der Waals surface area contributed by atoms with Crippen molar-refractivity contribution in [3.63, 3.8) is 0 Å². The molecular formula is C17H9N3O2S. The number of hydrogen-bond donors (Lipinski definition) is 2. The van der Waals surface area contributed by atoms with Crippen LogP contribution in [0.25, 0.3) is 31.7 Å². The fourth-order valence-corrected chi connectivity index (χ4v) is 3.49. The van der Waals surface area contributed by atoms with Crippen LogP contribution in [0.15, 0.2) is 47.4 Å². The Hall–Kier alpha value is -3.17. The summed E-state index contributed by atoms with van der Waals surface area (Å²) in [7, 11) is 0. The van der Waals surface area contributed by atoms with Crippen LogP contribution in [0.4, 0.5) is 0 Å². The lowest BCUT2D eigenvalue weighted by Crippen LogP contribution is -2.07. The second-order valence-corrected chi connectivity index (χ2v) is 6.08. The molecule has 0 radical (unpaired) electrons. The number of aromatic hydroxyl groups is 1. The van der Waals surface area contributed by atoms with Crippen molar-refractivity contribution in [2.75, 3.05) is 0 Å². The first-order valence-corrected chi connectivity index (χ1v) is 7.63. The van der Waals surface area contributed by atoms with Crippen molar-refractivity contribution in [2.45, 2.75) is 0 Å². The first kappa shape index (κ1) is 13.5. The average Bonchev–Trinajstić information content (AvgIpc) is 2.99. The smallest absolute Gasteiger partial charge is 0.207 e. The zero-order valence-corrected chi connectivity index (χ0v) is 12.5. The molecule has 4 aromatic rings. The normalized spacial score (nSPS) is 10.9. The number of pyridine rings is 1. The van der Waals surface area contributed by atoms with Gasteiger partial charge in [-0.2, -0.15) is 5.26 Å². The van der Waals surface area contributed by atoms with Crippen molar-refractivity contribution in [3.05, 3.63) is 58.4 Å². The lowest BCUT2D eigenvalue weighted by molar-refractivity contribution is 0.478. The Morgan fingerprint density at radius 1 is 1.26 bits per heavy atom. The molecule has 0 spiro atoms. The summed E-state index contributed by atoms with van der Waals surface area (Å²) in [4.78, 5) is 19.6. The van der Waals surface area contributed by atoms with Crippen LogP contribution >= 0.6 is 11.3 Å². The van der Waals surface area contributed by atoms with Gasteiger partial charge in [0.05, 0.1) is 26.7 Å². The van der Waals surface area contributed by atoms with Crippen LogP contribution in [0.1, 0.15) is 5.56 Å². The maximum absolute atomic E-state index is 12.1. The number of fused-ring (bicyclic) bond motifs is 2. The number of phenols is 1. The molecule has 5 nitrogen and oxygen atoms in total. The molecule has 0 aliphatic carbocycles. The summed E-state index contributed by atoms with van der Waals surface area (Å²) in [6.07, 6.45) is 1.38. The lowest BCUT2D eigenvalue weighted by atomic mass is 10.1. The van der Waals surface area contributed by atoms with E-state index in [2.05, 4.69) is 9.97 Å². The maximum atomic E-state index is 12.1. The molecule has 0 saturated heterocycles. The number of rotatable bonds is 1. The Bertz CT molecular complexity index is 1140. The molecule has 0 amide bonds. The van der Waals surface area contributed by atoms with Gasteiger partial charge in [0, 0.05) is 6.20 Å². The minimum absolute atomic E-state index is 0.0182. The number of thiazole rings is 1. The van der Waals surface area contributed by atoms with E-state index in [-0.39, 0.29) is 16.7 Å². The molecule has 0 saturated carbocycles. The van der Waals surface area contributed by atoms with Gasteiger partial charge in [-0.15, -0.1) is 11.3 Å². The molecule has 0 fully saturated rings. The molecule has 0 aliphatic rings. The van der Waals surface area contributed by atoms with Gasteiger partial charge < -0.3 is 10.1 Å². The highest BCUT2D eigenvalue weighted by molar-refractivity contribution is 7.21. The fourth-order valence-electron chi connectivity index (χ4n) is 2.50. The molecule has 2 aromatic carbocycles. The van der Waals surface area contributed by atoms with Crippen LogP contribution in [0.3, 0.4) is 0 Å². The molecule has 0 bridgehead atoms. The maximum Gasteiger partial charge on any atom is 0.207 e. The highest BCUT2D eigenvalue weighted by Crippen LogP contribution is 2.36. The zero-order chi connectivity index (χ0) is 16.0.